The third-order valence-electron chi connectivity index (χ3n) is 3.94. The van der Waals surface area contributed by atoms with E-state index in [4.69, 9.17) is 4.74 Å². The van der Waals surface area contributed by atoms with E-state index in [0.29, 0.717) is 19.4 Å². The first kappa shape index (κ1) is 14.8. The predicted molar refractivity (Wildman–Crippen MR) is 86.2 cm³/mol. The maximum absolute atomic E-state index is 12.6. The summed E-state index contributed by atoms with van der Waals surface area (Å²) in [7, 11) is 1.40. The number of benzene rings is 1. The molecule has 4 nitrogen and oxygen atoms in total. The number of hydrogen-bond donors (Lipinski definition) is 0. The van der Waals surface area contributed by atoms with Crippen LogP contribution in [-0.2, 0) is 20.7 Å². The maximum Gasteiger partial charge on any atom is 0.313 e. The Bertz CT molecular complexity index is 681. The van der Waals surface area contributed by atoms with E-state index in [0.717, 1.165) is 16.1 Å². The molecule has 3 rings (SSSR count). The van der Waals surface area contributed by atoms with Gasteiger partial charge in [-0.2, -0.15) is 0 Å². The zero-order valence-electron chi connectivity index (χ0n) is 12.3. The van der Waals surface area contributed by atoms with Crippen LogP contribution in [0.25, 0.3) is 0 Å². The highest BCUT2D eigenvalue weighted by Crippen LogP contribution is 2.36. The third kappa shape index (κ3) is 2.76. The number of anilines is 1. The first-order valence-corrected chi connectivity index (χ1v) is 8.08. The number of rotatable bonds is 3. The van der Waals surface area contributed by atoms with Crippen LogP contribution in [0, 0.1) is 0 Å². The van der Waals surface area contributed by atoms with E-state index in [2.05, 4.69) is 0 Å². The lowest BCUT2D eigenvalue weighted by Crippen LogP contribution is -2.39. The van der Waals surface area contributed by atoms with Crippen LogP contribution in [0.15, 0.2) is 41.8 Å². The van der Waals surface area contributed by atoms with Crippen molar-refractivity contribution in [3.8, 4) is 0 Å². The number of para-hydroxylation sites is 1. The molecule has 0 N–H and O–H groups in total. The second-order valence-electron chi connectivity index (χ2n) is 5.22. The fourth-order valence-electron chi connectivity index (χ4n) is 2.87. The van der Waals surface area contributed by atoms with E-state index in [9.17, 15) is 9.59 Å². The number of thiophene rings is 1. The van der Waals surface area contributed by atoms with E-state index in [-0.39, 0.29) is 17.8 Å². The van der Waals surface area contributed by atoms with E-state index >= 15 is 0 Å². The van der Waals surface area contributed by atoms with Crippen LogP contribution in [0.3, 0.4) is 0 Å². The van der Waals surface area contributed by atoms with Crippen LogP contribution in [0.1, 0.15) is 22.8 Å². The smallest absolute Gasteiger partial charge is 0.313 e. The van der Waals surface area contributed by atoms with E-state index < -0.39 is 0 Å². The molecule has 0 radical (unpaired) electrons. The first-order chi connectivity index (χ1) is 10.7. The molecular weight excluding hydrogens is 298 g/mol. The van der Waals surface area contributed by atoms with Crippen LogP contribution in [0.5, 0.6) is 0 Å². The molecule has 114 valence electrons. The number of esters is 1. The number of methoxy groups -OCH3 is 1. The number of carbonyl (C=O) groups is 2. The second-order valence-corrected chi connectivity index (χ2v) is 6.26. The van der Waals surface area contributed by atoms with Gasteiger partial charge in [-0.3, -0.25) is 9.59 Å². The standard InChI is InChI=1S/C17H17NO3S/c1-21-17(20)14-8-9-18(15-7-3-2-6-13(14)15)16(19)11-12-5-4-10-22-12/h2-7,10,14H,8-9,11H2,1H3/t14-/m0/s1. The molecule has 1 atom stereocenters. The fraction of sp³-hybridized carbons (Fsp3) is 0.294. The Kier molecular flexibility index (Phi) is 4.24. The molecule has 1 amide bonds. The van der Waals surface area contributed by atoms with Crippen molar-refractivity contribution in [3.63, 3.8) is 0 Å². The quantitative estimate of drug-likeness (QED) is 0.818. The summed E-state index contributed by atoms with van der Waals surface area (Å²) in [4.78, 5) is 27.4. The molecule has 0 saturated carbocycles. The minimum Gasteiger partial charge on any atom is -0.469 e. The van der Waals surface area contributed by atoms with Crippen molar-refractivity contribution >= 4 is 28.9 Å². The lowest BCUT2D eigenvalue weighted by molar-refractivity contribution is -0.142. The van der Waals surface area contributed by atoms with Crippen LogP contribution in [0.2, 0.25) is 0 Å². The minimum absolute atomic E-state index is 0.0678. The first-order valence-electron chi connectivity index (χ1n) is 7.20. The number of fused-ring (bicyclic) bond motifs is 1. The van der Waals surface area contributed by atoms with Crippen molar-refractivity contribution in [1.29, 1.82) is 0 Å². The zero-order chi connectivity index (χ0) is 15.5. The van der Waals surface area contributed by atoms with Gasteiger partial charge in [-0.1, -0.05) is 24.3 Å². The van der Waals surface area contributed by atoms with E-state index in [1.807, 2.05) is 41.8 Å². The van der Waals surface area contributed by atoms with Gasteiger partial charge in [-0.25, -0.2) is 0 Å². The van der Waals surface area contributed by atoms with Gasteiger partial charge >= 0.3 is 5.97 Å². The van der Waals surface area contributed by atoms with Crippen LogP contribution in [-0.4, -0.2) is 25.5 Å². The number of nitrogens with zero attached hydrogens (tertiary/aromatic N) is 1. The van der Waals surface area contributed by atoms with E-state index in [1.54, 1.807) is 16.2 Å². The molecule has 5 heteroatoms. The van der Waals surface area contributed by atoms with Crippen molar-refractivity contribution < 1.29 is 14.3 Å². The van der Waals surface area contributed by atoms with Gasteiger partial charge in [0.25, 0.3) is 0 Å². The molecule has 1 aromatic carbocycles. The van der Waals surface area contributed by atoms with Gasteiger partial charge in [0, 0.05) is 17.1 Å². The average Bonchev–Trinajstić information content (AvgIpc) is 3.06. The van der Waals surface area contributed by atoms with Crippen LogP contribution < -0.4 is 4.90 Å². The van der Waals surface area contributed by atoms with Crippen molar-refractivity contribution in [2.75, 3.05) is 18.6 Å². The summed E-state index contributed by atoms with van der Waals surface area (Å²) in [5.41, 5.74) is 1.70. The molecule has 1 aromatic heterocycles. The summed E-state index contributed by atoms with van der Waals surface area (Å²) < 4.78 is 4.89. The number of amides is 1. The van der Waals surface area contributed by atoms with Crippen molar-refractivity contribution in [3.05, 3.63) is 52.2 Å². The fourth-order valence-corrected chi connectivity index (χ4v) is 3.56. The van der Waals surface area contributed by atoms with Crippen LogP contribution in [0.4, 0.5) is 5.69 Å². The Morgan fingerprint density at radius 3 is 2.82 bits per heavy atom. The molecule has 0 aliphatic carbocycles. The number of hydrogen-bond acceptors (Lipinski definition) is 4. The Morgan fingerprint density at radius 1 is 1.27 bits per heavy atom. The minimum atomic E-state index is -0.285. The highest BCUT2D eigenvalue weighted by atomic mass is 32.1. The Hall–Kier alpha value is -2.14. The summed E-state index contributed by atoms with van der Waals surface area (Å²) in [6.45, 7) is 0.543. The average molecular weight is 315 g/mol. The van der Waals surface area contributed by atoms with Gasteiger partial charge in [0.2, 0.25) is 5.91 Å². The molecule has 0 bridgehead atoms. The summed E-state index contributed by atoms with van der Waals surface area (Å²) >= 11 is 1.58. The molecule has 22 heavy (non-hydrogen) atoms. The monoisotopic (exact) mass is 315 g/mol. The Balaban J connectivity index is 1.87. The summed E-state index contributed by atoms with van der Waals surface area (Å²) in [6.07, 6.45) is 0.995. The molecule has 1 aliphatic heterocycles. The summed E-state index contributed by atoms with van der Waals surface area (Å²) in [5.74, 6) is -0.456. The number of carbonyl (C=O) groups excluding carboxylic acids is 2. The van der Waals surface area contributed by atoms with Crippen molar-refractivity contribution in [2.45, 2.75) is 18.8 Å². The van der Waals surface area contributed by atoms with Gasteiger partial charge < -0.3 is 9.64 Å². The topological polar surface area (TPSA) is 46.6 Å². The zero-order valence-corrected chi connectivity index (χ0v) is 13.1. The second kappa shape index (κ2) is 6.32. The molecule has 0 fully saturated rings. The van der Waals surface area contributed by atoms with Gasteiger partial charge in [0.1, 0.15) is 0 Å². The summed E-state index contributed by atoms with van der Waals surface area (Å²) in [5, 5.41) is 1.97. The normalized spacial score (nSPS) is 17.0. The Labute approximate surface area is 133 Å². The van der Waals surface area contributed by atoms with Gasteiger partial charge in [-0.05, 0) is 29.5 Å². The molecule has 0 saturated heterocycles. The van der Waals surface area contributed by atoms with Gasteiger partial charge in [-0.15, -0.1) is 11.3 Å². The van der Waals surface area contributed by atoms with Gasteiger partial charge in [0.15, 0.2) is 0 Å². The molecule has 0 unspecified atom stereocenters. The van der Waals surface area contributed by atoms with Gasteiger partial charge in [0.05, 0.1) is 19.4 Å². The van der Waals surface area contributed by atoms with Crippen molar-refractivity contribution in [1.82, 2.24) is 0 Å². The lowest BCUT2D eigenvalue weighted by atomic mass is 9.89. The summed E-state index contributed by atoms with van der Waals surface area (Å²) in [6, 6.07) is 11.5. The largest absolute Gasteiger partial charge is 0.469 e. The lowest BCUT2D eigenvalue weighted by Gasteiger charge is -2.33. The predicted octanol–water partition coefficient (Wildman–Crippen LogP) is 2.98. The molecule has 1 aliphatic rings. The SMILES string of the molecule is COC(=O)[C@H]1CCN(C(=O)Cc2cccs2)c2ccccc21. The van der Waals surface area contributed by atoms with Crippen LogP contribution >= 0.6 is 11.3 Å². The third-order valence-corrected chi connectivity index (χ3v) is 4.81. The van der Waals surface area contributed by atoms with Crippen molar-refractivity contribution in [2.24, 2.45) is 0 Å². The molecule has 0 spiro atoms. The van der Waals surface area contributed by atoms with E-state index in [1.165, 1.54) is 7.11 Å². The number of ether oxygens (including phenoxy) is 1. The Morgan fingerprint density at radius 2 is 2.09 bits per heavy atom. The molecule has 2 aromatic rings. The highest BCUT2D eigenvalue weighted by molar-refractivity contribution is 7.10. The molecule has 2 heterocycles. The highest BCUT2D eigenvalue weighted by Gasteiger charge is 2.32. The molecular formula is C17H17NO3S. The maximum atomic E-state index is 12.6.